The number of hydrogen-bond acceptors (Lipinski definition) is 4. The Labute approximate surface area is 156 Å². The number of benzene rings is 2. The fourth-order valence-electron chi connectivity index (χ4n) is 2.52. The molecule has 0 aromatic heterocycles. The van der Waals surface area contributed by atoms with Crippen molar-refractivity contribution in [1.82, 2.24) is 5.32 Å². The summed E-state index contributed by atoms with van der Waals surface area (Å²) in [4.78, 5) is 0. The molecule has 25 heavy (non-hydrogen) atoms. The highest BCUT2D eigenvalue weighted by Crippen LogP contribution is 2.18. The van der Waals surface area contributed by atoms with Gasteiger partial charge < -0.3 is 19.9 Å². The van der Waals surface area contributed by atoms with Crippen LogP contribution in [0.25, 0.3) is 0 Å². The average Bonchev–Trinajstić information content (AvgIpc) is 2.59. The molecule has 0 fully saturated rings. The Bertz CT molecular complexity index is 619. The number of para-hydroxylation sites is 1. The Hall–Kier alpha value is -1.75. The average molecular weight is 366 g/mol. The molecule has 0 aliphatic rings. The molecule has 0 bridgehead atoms. The SMILES string of the molecule is COc1cccc(CC(C)(C)NCC(O)COc2ccccc2)c1.Cl. The molecule has 0 radical (unpaired) electrons. The minimum absolute atomic E-state index is 0. The Morgan fingerprint density at radius 2 is 1.72 bits per heavy atom. The lowest BCUT2D eigenvalue weighted by atomic mass is 9.94. The minimum Gasteiger partial charge on any atom is -0.497 e. The van der Waals surface area contributed by atoms with E-state index in [4.69, 9.17) is 9.47 Å². The second-order valence-corrected chi connectivity index (χ2v) is 6.57. The summed E-state index contributed by atoms with van der Waals surface area (Å²) in [5.41, 5.74) is 1.06. The van der Waals surface area contributed by atoms with Gasteiger partial charge in [-0.3, -0.25) is 0 Å². The first-order chi connectivity index (χ1) is 11.5. The van der Waals surface area contributed by atoms with Gasteiger partial charge in [0.15, 0.2) is 0 Å². The molecule has 0 aliphatic heterocycles. The van der Waals surface area contributed by atoms with Crippen LogP contribution in [0.4, 0.5) is 0 Å². The van der Waals surface area contributed by atoms with E-state index in [1.54, 1.807) is 7.11 Å². The standard InChI is InChI=1S/C20H27NO3.ClH/c1-20(2,13-16-8-7-11-19(12-16)23-3)21-14-17(22)15-24-18-9-5-4-6-10-18;/h4-12,17,21-22H,13-15H2,1-3H3;1H. The third-order valence-electron chi connectivity index (χ3n) is 3.78. The highest BCUT2D eigenvalue weighted by atomic mass is 35.5. The predicted molar refractivity (Wildman–Crippen MR) is 104 cm³/mol. The third-order valence-corrected chi connectivity index (χ3v) is 3.78. The molecule has 0 spiro atoms. The lowest BCUT2D eigenvalue weighted by molar-refractivity contribution is 0.0988. The summed E-state index contributed by atoms with van der Waals surface area (Å²) in [6, 6.07) is 17.6. The maximum Gasteiger partial charge on any atom is 0.119 e. The van der Waals surface area contributed by atoms with Crippen molar-refractivity contribution in [3.63, 3.8) is 0 Å². The number of ether oxygens (including phenoxy) is 2. The second-order valence-electron chi connectivity index (χ2n) is 6.57. The lowest BCUT2D eigenvalue weighted by Gasteiger charge is -2.28. The molecule has 0 saturated heterocycles. The first-order valence-electron chi connectivity index (χ1n) is 8.22. The van der Waals surface area contributed by atoms with Gasteiger partial charge in [0.2, 0.25) is 0 Å². The van der Waals surface area contributed by atoms with Gasteiger partial charge in [-0.1, -0.05) is 30.3 Å². The van der Waals surface area contributed by atoms with Crippen LogP contribution < -0.4 is 14.8 Å². The normalized spacial score (nSPS) is 12.2. The smallest absolute Gasteiger partial charge is 0.119 e. The van der Waals surface area contributed by atoms with Crippen molar-refractivity contribution in [3.8, 4) is 11.5 Å². The monoisotopic (exact) mass is 365 g/mol. The summed E-state index contributed by atoms with van der Waals surface area (Å²) < 4.78 is 10.8. The van der Waals surface area contributed by atoms with Gasteiger partial charge >= 0.3 is 0 Å². The molecule has 1 unspecified atom stereocenters. The van der Waals surface area contributed by atoms with Crippen LogP contribution >= 0.6 is 12.4 Å². The third kappa shape index (κ3) is 7.78. The molecule has 2 aromatic carbocycles. The van der Waals surface area contributed by atoms with Crippen molar-refractivity contribution in [2.75, 3.05) is 20.3 Å². The molecule has 0 aliphatic carbocycles. The van der Waals surface area contributed by atoms with Gasteiger partial charge in [0.1, 0.15) is 24.2 Å². The zero-order valence-corrected chi connectivity index (χ0v) is 15.9. The number of aliphatic hydroxyl groups excluding tert-OH is 1. The van der Waals surface area contributed by atoms with Crippen molar-refractivity contribution in [2.45, 2.75) is 31.9 Å². The predicted octanol–water partition coefficient (Wildman–Crippen LogP) is 3.47. The van der Waals surface area contributed by atoms with Crippen LogP contribution in [-0.2, 0) is 6.42 Å². The van der Waals surface area contributed by atoms with Crippen molar-refractivity contribution >= 4 is 12.4 Å². The number of methoxy groups -OCH3 is 1. The summed E-state index contributed by atoms with van der Waals surface area (Å²) in [5.74, 6) is 1.63. The van der Waals surface area contributed by atoms with E-state index in [9.17, 15) is 5.11 Å². The van der Waals surface area contributed by atoms with Crippen LogP contribution in [0.2, 0.25) is 0 Å². The fourth-order valence-corrected chi connectivity index (χ4v) is 2.52. The zero-order valence-electron chi connectivity index (χ0n) is 15.1. The number of β-amino-alcohol motifs (C(OH)–C–C–N with tert-alkyl or cyclic N) is 1. The zero-order chi connectivity index (χ0) is 17.4. The van der Waals surface area contributed by atoms with E-state index in [0.29, 0.717) is 6.54 Å². The Morgan fingerprint density at radius 3 is 2.40 bits per heavy atom. The van der Waals surface area contributed by atoms with Crippen LogP contribution in [0, 0.1) is 0 Å². The molecule has 4 nitrogen and oxygen atoms in total. The molecular weight excluding hydrogens is 338 g/mol. The number of rotatable bonds is 9. The summed E-state index contributed by atoms with van der Waals surface area (Å²) >= 11 is 0. The van der Waals surface area contributed by atoms with E-state index in [0.717, 1.165) is 17.9 Å². The number of halogens is 1. The van der Waals surface area contributed by atoms with E-state index in [1.807, 2.05) is 48.5 Å². The van der Waals surface area contributed by atoms with Gasteiger partial charge in [-0.25, -0.2) is 0 Å². The quantitative estimate of drug-likeness (QED) is 0.714. The lowest BCUT2D eigenvalue weighted by Crippen LogP contribution is -2.46. The molecule has 0 heterocycles. The van der Waals surface area contributed by atoms with Gasteiger partial charge in [-0.2, -0.15) is 0 Å². The summed E-state index contributed by atoms with van der Waals surface area (Å²) in [5, 5.41) is 13.5. The Morgan fingerprint density at radius 1 is 1.04 bits per heavy atom. The fraction of sp³-hybridized carbons (Fsp3) is 0.400. The Balaban J connectivity index is 0.00000312. The second kappa shape index (κ2) is 10.3. The topological polar surface area (TPSA) is 50.7 Å². The molecule has 5 heteroatoms. The van der Waals surface area contributed by atoms with Crippen LogP contribution in [0.5, 0.6) is 11.5 Å². The van der Waals surface area contributed by atoms with Gasteiger partial charge in [0.05, 0.1) is 7.11 Å². The van der Waals surface area contributed by atoms with Gasteiger partial charge in [0.25, 0.3) is 0 Å². The molecule has 1 atom stereocenters. The molecule has 0 amide bonds. The van der Waals surface area contributed by atoms with Crippen molar-refractivity contribution in [1.29, 1.82) is 0 Å². The minimum atomic E-state index is -0.560. The van der Waals surface area contributed by atoms with Crippen molar-refractivity contribution in [3.05, 3.63) is 60.2 Å². The summed E-state index contributed by atoms with van der Waals surface area (Å²) in [6.07, 6.45) is 0.283. The largest absolute Gasteiger partial charge is 0.497 e. The van der Waals surface area contributed by atoms with E-state index >= 15 is 0 Å². The molecule has 138 valence electrons. The van der Waals surface area contributed by atoms with E-state index < -0.39 is 6.10 Å². The van der Waals surface area contributed by atoms with Crippen molar-refractivity contribution < 1.29 is 14.6 Å². The molecule has 2 N–H and O–H groups in total. The van der Waals surface area contributed by atoms with Crippen LogP contribution in [0.3, 0.4) is 0 Å². The number of aliphatic hydroxyl groups is 1. The summed E-state index contributed by atoms with van der Waals surface area (Å²) in [7, 11) is 1.67. The highest BCUT2D eigenvalue weighted by Gasteiger charge is 2.19. The Kier molecular flexibility index (Phi) is 8.76. The number of nitrogens with one attached hydrogen (secondary N) is 1. The highest BCUT2D eigenvalue weighted by molar-refractivity contribution is 5.85. The maximum atomic E-state index is 10.1. The van der Waals surface area contributed by atoms with Crippen LogP contribution in [-0.4, -0.2) is 37.0 Å². The van der Waals surface area contributed by atoms with E-state index in [-0.39, 0.29) is 24.6 Å². The molecule has 0 saturated carbocycles. The van der Waals surface area contributed by atoms with E-state index in [1.165, 1.54) is 5.56 Å². The van der Waals surface area contributed by atoms with Crippen LogP contribution in [0.1, 0.15) is 19.4 Å². The van der Waals surface area contributed by atoms with Crippen LogP contribution in [0.15, 0.2) is 54.6 Å². The first kappa shape index (κ1) is 21.3. The summed E-state index contributed by atoms with van der Waals surface area (Å²) in [6.45, 7) is 4.99. The molecule has 2 rings (SSSR count). The number of hydrogen-bond donors (Lipinski definition) is 2. The van der Waals surface area contributed by atoms with Crippen molar-refractivity contribution in [2.24, 2.45) is 0 Å². The molecule has 2 aromatic rings. The van der Waals surface area contributed by atoms with Gasteiger partial charge in [-0.15, -0.1) is 12.4 Å². The first-order valence-corrected chi connectivity index (χ1v) is 8.22. The maximum absolute atomic E-state index is 10.1. The van der Waals surface area contributed by atoms with Gasteiger partial charge in [-0.05, 0) is 50.1 Å². The molecular formula is C20H28ClNO3. The van der Waals surface area contributed by atoms with E-state index in [2.05, 4.69) is 25.2 Å². The van der Waals surface area contributed by atoms with Gasteiger partial charge in [0, 0.05) is 12.1 Å².